The van der Waals surface area contributed by atoms with Crippen LogP contribution in [0.25, 0.3) is 0 Å². The van der Waals surface area contributed by atoms with Crippen molar-refractivity contribution in [2.24, 2.45) is 0 Å². The molecule has 0 spiro atoms. The minimum absolute atomic E-state index is 0.0232. The number of aliphatic hydroxyl groups is 1. The molecule has 0 radical (unpaired) electrons. The highest BCUT2D eigenvalue weighted by atomic mass is 16.5. The lowest BCUT2D eigenvalue weighted by atomic mass is 10.1. The van der Waals surface area contributed by atoms with Gasteiger partial charge in [0, 0.05) is 0 Å². The van der Waals surface area contributed by atoms with E-state index in [4.69, 9.17) is 9.47 Å². The number of carbonyl (C=O) groups excluding carboxylic acids is 2. The molecule has 1 amide bonds. The predicted octanol–water partition coefficient (Wildman–Crippen LogP) is 0.242. The number of hydrogen-bond acceptors (Lipinski definition) is 5. The van der Waals surface area contributed by atoms with E-state index in [0.717, 1.165) is 5.56 Å². The third kappa shape index (κ3) is 3.77. The molecule has 1 aromatic carbocycles. The molecule has 0 saturated carbocycles. The van der Waals surface area contributed by atoms with Gasteiger partial charge < -0.3 is 19.9 Å². The van der Waals surface area contributed by atoms with Crippen LogP contribution in [0.3, 0.4) is 0 Å². The second-order valence-electron chi connectivity index (χ2n) is 4.23. The Labute approximate surface area is 110 Å². The summed E-state index contributed by atoms with van der Waals surface area (Å²) in [6.45, 7) is 0.0241. The third-order valence-corrected chi connectivity index (χ3v) is 2.75. The van der Waals surface area contributed by atoms with Crippen LogP contribution in [-0.2, 0) is 20.9 Å². The Morgan fingerprint density at radius 1 is 1.42 bits per heavy atom. The average Bonchev–Trinajstić information content (AvgIpc) is 2.42. The van der Waals surface area contributed by atoms with Gasteiger partial charge in [0.15, 0.2) is 5.78 Å². The summed E-state index contributed by atoms with van der Waals surface area (Å²) in [5, 5.41) is 11.9. The number of ether oxygens (including phenoxy) is 2. The first-order chi connectivity index (χ1) is 9.16. The maximum atomic E-state index is 11.5. The Kier molecular flexibility index (Phi) is 4.48. The van der Waals surface area contributed by atoms with Gasteiger partial charge in [-0.15, -0.1) is 0 Å². The number of nitrogens with one attached hydrogen (secondary N) is 1. The molecular weight excluding hydrogens is 250 g/mol. The standard InChI is InChI=1S/C13H15NO5/c15-10-7-18-8-11(16)12(10)14-13(17)19-6-9-4-2-1-3-5-9/h1-5,10,12,15H,6-8H2,(H,14,17)/t10-,12-/m0/s1. The molecule has 1 aliphatic rings. The number of rotatable bonds is 3. The molecule has 1 saturated heterocycles. The van der Waals surface area contributed by atoms with E-state index in [0.29, 0.717) is 0 Å². The number of alkyl carbamates (subject to hydrolysis) is 1. The normalized spacial score (nSPS) is 22.9. The van der Waals surface area contributed by atoms with E-state index in [-0.39, 0.29) is 25.6 Å². The Bertz CT molecular complexity index is 448. The molecule has 19 heavy (non-hydrogen) atoms. The number of aliphatic hydroxyl groups excluding tert-OH is 1. The fraction of sp³-hybridized carbons (Fsp3) is 0.385. The molecule has 102 valence electrons. The molecule has 0 aliphatic carbocycles. The fourth-order valence-electron chi connectivity index (χ4n) is 1.75. The van der Waals surface area contributed by atoms with Gasteiger partial charge in [0.2, 0.25) is 0 Å². The molecule has 6 nitrogen and oxygen atoms in total. The van der Waals surface area contributed by atoms with Crippen LogP contribution in [-0.4, -0.2) is 42.3 Å². The summed E-state index contributed by atoms with van der Waals surface area (Å²) >= 11 is 0. The van der Waals surface area contributed by atoms with Crippen molar-refractivity contribution >= 4 is 11.9 Å². The lowest BCUT2D eigenvalue weighted by molar-refractivity contribution is -0.137. The van der Waals surface area contributed by atoms with Gasteiger partial charge >= 0.3 is 6.09 Å². The molecule has 0 bridgehead atoms. The molecule has 0 aromatic heterocycles. The minimum atomic E-state index is -1.04. The second-order valence-corrected chi connectivity index (χ2v) is 4.23. The number of benzene rings is 1. The van der Waals surface area contributed by atoms with Crippen molar-refractivity contribution in [2.75, 3.05) is 13.2 Å². The number of hydrogen-bond donors (Lipinski definition) is 2. The summed E-state index contributed by atoms with van der Waals surface area (Å²) in [5.74, 6) is -0.365. The molecule has 1 aliphatic heterocycles. The van der Waals surface area contributed by atoms with E-state index in [9.17, 15) is 14.7 Å². The van der Waals surface area contributed by atoms with Gasteiger partial charge in [-0.3, -0.25) is 4.79 Å². The molecule has 2 N–H and O–H groups in total. The zero-order valence-corrected chi connectivity index (χ0v) is 10.2. The highest BCUT2D eigenvalue weighted by Crippen LogP contribution is 2.06. The van der Waals surface area contributed by atoms with Crippen molar-refractivity contribution in [2.45, 2.75) is 18.8 Å². The van der Waals surface area contributed by atoms with E-state index in [2.05, 4.69) is 5.32 Å². The van der Waals surface area contributed by atoms with Crippen LogP contribution < -0.4 is 5.32 Å². The number of Topliss-reactive ketones (excluding diaryl/α,β-unsaturated/α-hetero) is 1. The molecule has 0 unspecified atom stereocenters. The Morgan fingerprint density at radius 3 is 2.84 bits per heavy atom. The SMILES string of the molecule is O=C(N[C@@H]1C(=O)COC[C@@H]1O)OCc1ccccc1. The summed E-state index contributed by atoms with van der Waals surface area (Å²) in [6.07, 6.45) is -1.77. The smallest absolute Gasteiger partial charge is 0.408 e. The Hall–Kier alpha value is -1.92. The van der Waals surface area contributed by atoms with Crippen LogP contribution in [0.15, 0.2) is 30.3 Å². The molecule has 1 aromatic rings. The molecule has 1 fully saturated rings. The van der Waals surface area contributed by atoms with Crippen molar-refractivity contribution in [3.8, 4) is 0 Å². The highest BCUT2D eigenvalue weighted by Gasteiger charge is 2.32. The molecule has 1 heterocycles. The van der Waals surface area contributed by atoms with Gasteiger partial charge in [0.1, 0.15) is 25.4 Å². The van der Waals surface area contributed by atoms with E-state index < -0.39 is 18.2 Å². The van der Waals surface area contributed by atoms with Crippen LogP contribution in [0.5, 0.6) is 0 Å². The van der Waals surface area contributed by atoms with Crippen molar-refractivity contribution < 1.29 is 24.2 Å². The van der Waals surface area contributed by atoms with Crippen molar-refractivity contribution in [3.05, 3.63) is 35.9 Å². The highest BCUT2D eigenvalue weighted by molar-refractivity contribution is 5.89. The zero-order valence-electron chi connectivity index (χ0n) is 10.2. The van der Waals surface area contributed by atoms with Crippen LogP contribution in [0.1, 0.15) is 5.56 Å². The van der Waals surface area contributed by atoms with Gasteiger partial charge in [0.05, 0.1) is 6.61 Å². The van der Waals surface area contributed by atoms with Crippen LogP contribution >= 0.6 is 0 Å². The lowest BCUT2D eigenvalue weighted by Crippen LogP contribution is -2.54. The number of carbonyl (C=O) groups is 2. The average molecular weight is 265 g/mol. The molecular formula is C13H15NO5. The summed E-state index contributed by atoms with van der Waals surface area (Å²) in [5.41, 5.74) is 0.844. The van der Waals surface area contributed by atoms with Crippen LogP contribution in [0.4, 0.5) is 4.79 Å². The molecule has 2 rings (SSSR count). The summed E-state index contributed by atoms with van der Waals surface area (Å²) in [6, 6.07) is 8.21. The van der Waals surface area contributed by atoms with E-state index in [1.807, 2.05) is 30.3 Å². The molecule has 2 atom stereocenters. The monoisotopic (exact) mass is 265 g/mol. The largest absolute Gasteiger partial charge is 0.445 e. The van der Waals surface area contributed by atoms with Crippen molar-refractivity contribution in [3.63, 3.8) is 0 Å². The minimum Gasteiger partial charge on any atom is -0.445 e. The van der Waals surface area contributed by atoms with Crippen molar-refractivity contribution in [1.82, 2.24) is 5.32 Å². The number of amides is 1. The zero-order chi connectivity index (χ0) is 13.7. The number of ketones is 1. The summed E-state index contributed by atoms with van der Waals surface area (Å²) in [7, 11) is 0. The van der Waals surface area contributed by atoms with E-state index in [1.165, 1.54) is 0 Å². The first-order valence-corrected chi connectivity index (χ1v) is 5.92. The molecule has 6 heteroatoms. The first-order valence-electron chi connectivity index (χ1n) is 5.92. The lowest BCUT2D eigenvalue weighted by Gasteiger charge is -2.26. The van der Waals surface area contributed by atoms with Gasteiger partial charge in [-0.2, -0.15) is 0 Å². The van der Waals surface area contributed by atoms with Crippen LogP contribution in [0, 0.1) is 0 Å². The summed E-state index contributed by atoms with van der Waals surface area (Å²) < 4.78 is 9.82. The maximum Gasteiger partial charge on any atom is 0.408 e. The summed E-state index contributed by atoms with van der Waals surface area (Å²) in [4.78, 5) is 23.0. The van der Waals surface area contributed by atoms with Gasteiger partial charge in [-0.1, -0.05) is 30.3 Å². The van der Waals surface area contributed by atoms with E-state index in [1.54, 1.807) is 0 Å². The maximum absolute atomic E-state index is 11.5. The van der Waals surface area contributed by atoms with Gasteiger partial charge in [0.25, 0.3) is 0 Å². The topological polar surface area (TPSA) is 84.9 Å². The van der Waals surface area contributed by atoms with Gasteiger partial charge in [-0.05, 0) is 5.56 Å². The predicted molar refractivity (Wildman–Crippen MR) is 65.4 cm³/mol. The van der Waals surface area contributed by atoms with Gasteiger partial charge in [-0.25, -0.2) is 4.79 Å². The Morgan fingerprint density at radius 2 is 2.16 bits per heavy atom. The third-order valence-electron chi connectivity index (χ3n) is 2.75. The second kappa shape index (κ2) is 6.31. The first kappa shape index (κ1) is 13.5. The fourth-order valence-corrected chi connectivity index (χ4v) is 1.75. The van der Waals surface area contributed by atoms with Crippen LogP contribution in [0.2, 0.25) is 0 Å². The quantitative estimate of drug-likeness (QED) is 0.818. The van der Waals surface area contributed by atoms with E-state index >= 15 is 0 Å². The Balaban J connectivity index is 1.82. The van der Waals surface area contributed by atoms with Crippen molar-refractivity contribution in [1.29, 1.82) is 0 Å².